The molecule has 8 heteroatoms. The minimum absolute atomic E-state index is 0.0357. The number of nitro groups is 1. The molecule has 1 atom stereocenters. The first-order valence-electron chi connectivity index (χ1n) is 7.24. The lowest BCUT2D eigenvalue weighted by molar-refractivity contribution is -0.387. The predicted molar refractivity (Wildman–Crippen MR) is 91.6 cm³/mol. The summed E-state index contributed by atoms with van der Waals surface area (Å²) in [5.41, 5.74) is 0.0480. The molecule has 0 radical (unpaired) electrons. The van der Waals surface area contributed by atoms with Crippen molar-refractivity contribution in [3.05, 3.63) is 28.3 Å². The van der Waals surface area contributed by atoms with Crippen molar-refractivity contribution in [2.45, 2.75) is 31.7 Å². The van der Waals surface area contributed by atoms with Crippen molar-refractivity contribution in [2.24, 2.45) is 5.41 Å². The van der Waals surface area contributed by atoms with E-state index in [9.17, 15) is 18.5 Å². The summed E-state index contributed by atoms with van der Waals surface area (Å²) in [4.78, 5) is 12.3. The number of nitrogens with zero attached hydrogens (tertiary/aromatic N) is 2. The highest BCUT2D eigenvalue weighted by atomic mass is 32.2. The fourth-order valence-electron chi connectivity index (χ4n) is 2.46. The fourth-order valence-corrected chi connectivity index (χ4v) is 3.29. The molecule has 0 saturated heterocycles. The first-order valence-corrected chi connectivity index (χ1v) is 9.13. The average molecular weight is 343 g/mol. The molecule has 1 rings (SSSR count). The van der Waals surface area contributed by atoms with E-state index in [2.05, 4.69) is 24.1 Å². The Morgan fingerprint density at radius 3 is 2.35 bits per heavy atom. The van der Waals surface area contributed by atoms with Crippen LogP contribution in [-0.4, -0.2) is 51.2 Å². The lowest BCUT2D eigenvalue weighted by Crippen LogP contribution is -2.41. The van der Waals surface area contributed by atoms with Crippen LogP contribution in [-0.2, 0) is 9.84 Å². The lowest BCUT2D eigenvalue weighted by atomic mass is 9.85. The second kappa shape index (κ2) is 6.84. The number of anilines is 1. The van der Waals surface area contributed by atoms with E-state index in [1.807, 2.05) is 21.0 Å². The molecule has 1 N–H and O–H groups in total. The number of nitrogens with one attached hydrogen (secondary N) is 1. The summed E-state index contributed by atoms with van der Waals surface area (Å²) < 4.78 is 23.3. The maximum Gasteiger partial charge on any atom is 0.290 e. The Hall–Kier alpha value is -1.67. The Morgan fingerprint density at radius 1 is 1.35 bits per heavy atom. The molecule has 0 aromatic heterocycles. The van der Waals surface area contributed by atoms with Crippen LogP contribution < -0.4 is 5.32 Å². The quantitative estimate of drug-likeness (QED) is 0.603. The first-order chi connectivity index (χ1) is 10.3. The standard InChI is InChI=1S/C15H25N3O4S/c1-11(15(2,3)10-17(4)5)16-12-7-8-14(23(6,21)22)13(9-12)18(19)20/h7-9,11,16H,10H2,1-6H3. The third-order valence-electron chi connectivity index (χ3n) is 3.83. The van der Waals surface area contributed by atoms with Crippen LogP contribution in [0.2, 0.25) is 0 Å². The van der Waals surface area contributed by atoms with Gasteiger partial charge in [0.2, 0.25) is 0 Å². The molecule has 0 bridgehead atoms. The Labute approximate surface area is 137 Å². The second-order valence-corrected chi connectivity index (χ2v) is 8.79. The van der Waals surface area contributed by atoms with Crippen molar-refractivity contribution in [3.8, 4) is 0 Å². The summed E-state index contributed by atoms with van der Waals surface area (Å²) in [5, 5.41) is 14.4. The van der Waals surface area contributed by atoms with Gasteiger partial charge in [0.05, 0.1) is 4.92 Å². The number of hydrogen-bond acceptors (Lipinski definition) is 6. The van der Waals surface area contributed by atoms with Gasteiger partial charge in [0, 0.05) is 30.6 Å². The predicted octanol–water partition coefficient (Wildman–Crippen LogP) is 2.39. The molecular weight excluding hydrogens is 318 g/mol. The van der Waals surface area contributed by atoms with Crippen LogP contribution in [0.3, 0.4) is 0 Å². The van der Waals surface area contributed by atoms with Crippen LogP contribution >= 0.6 is 0 Å². The number of rotatable bonds is 7. The van der Waals surface area contributed by atoms with Crippen molar-refractivity contribution < 1.29 is 13.3 Å². The van der Waals surface area contributed by atoms with Crippen LogP contribution in [0.15, 0.2) is 23.1 Å². The Kier molecular flexibility index (Phi) is 5.76. The van der Waals surface area contributed by atoms with E-state index in [4.69, 9.17) is 0 Å². The van der Waals surface area contributed by atoms with Gasteiger partial charge in [-0.1, -0.05) is 13.8 Å². The van der Waals surface area contributed by atoms with E-state index in [1.165, 1.54) is 12.1 Å². The van der Waals surface area contributed by atoms with Gasteiger partial charge >= 0.3 is 0 Å². The Morgan fingerprint density at radius 2 is 1.91 bits per heavy atom. The Bertz CT molecular complexity index is 684. The number of hydrogen-bond donors (Lipinski definition) is 1. The van der Waals surface area contributed by atoms with Crippen molar-refractivity contribution in [3.63, 3.8) is 0 Å². The molecule has 0 fully saturated rings. The zero-order valence-corrected chi connectivity index (χ0v) is 15.3. The molecule has 0 saturated carbocycles. The third kappa shape index (κ3) is 5.18. The van der Waals surface area contributed by atoms with Gasteiger partial charge in [0.1, 0.15) is 4.90 Å². The summed E-state index contributed by atoms with van der Waals surface area (Å²) in [6.07, 6.45) is 0.964. The molecule has 0 aliphatic carbocycles. The molecule has 130 valence electrons. The summed E-state index contributed by atoms with van der Waals surface area (Å²) in [6, 6.07) is 4.15. The van der Waals surface area contributed by atoms with Gasteiger partial charge in [0.25, 0.3) is 5.69 Å². The monoisotopic (exact) mass is 343 g/mol. The van der Waals surface area contributed by atoms with Crippen LogP contribution in [0, 0.1) is 15.5 Å². The largest absolute Gasteiger partial charge is 0.382 e. The number of sulfone groups is 1. The normalized spacial score (nSPS) is 13.9. The molecule has 0 aliphatic heterocycles. The molecule has 1 aromatic carbocycles. The number of nitro benzene ring substituents is 1. The molecule has 0 spiro atoms. The lowest BCUT2D eigenvalue weighted by Gasteiger charge is -2.35. The fraction of sp³-hybridized carbons (Fsp3) is 0.600. The average Bonchev–Trinajstić information content (AvgIpc) is 2.35. The summed E-state index contributed by atoms with van der Waals surface area (Å²) >= 11 is 0. The van der Waals surface area contributed by atoms with Crippen molar-refractivity contribution >= 4 is 21.2 Å². The zero-order valence-electron chi connectivity index (χ0n) is 14.5. The minimum atomic E-state index is -3.64. The van der Waals surface area contributed by atoms with E-state index in [0.717, 1.165) is 12.8 Å². The maximum absolute atomic E-state index is 11.6. The third-order valence-corrected chi connectivity index (χ3v) is 4.98. The van der Waals surface area contributed by atoms with Crippen LogP contribution in [0.5, 0.6) is 0 Å². The summed E-state index contributed by atoms with van der Waals surface area (Å²) in [5.74, 6) is 0. The topological polar surface area (TPSA) is 92.5 Å². The Balaban J connectivity index is 3.12. The summed E-state index contributed by atoms with van der Waals surface area (Å²) in [7, 11) is 0.329. The van der Waals surface area contributed by atoms with Crippen molar-refractivity contribution in [2.75, 3.05) is 32.2 Å². The van der Waals surface area contributed by atoms with Crippen LogP contribution in [0.1, 0.15) is 20.8 Å². The summed E-state index contributed by atoms with van der Waals surface area (Å²) in [6.45, 7) is 7.04. The smallest absolute Gasteiger partial charge is 0.290 e. The van der Waals surface area contributed by atoms with E-state index >= 15 is 0 Å². The van der Waals surface area contributed by atoms with Crippen LogP contribution in [0.4, 0.5) is 11.4 Å². The zero-order chi connectivity index (χ0) is 18.0. The molecule has 1 aromatic rings. The van der Waals surface area contributed by atoms with E-state index < -0.39 is 20.4 Å². The minimum Gasteiger partial charge on any atom is -0.382 e. The first kappa shape index (κ1) is 19.4. The molecular formula is C15H25N3O4S. The van der Waals surface area contributed by atoms with Crippen molar-refractivity contribution in [1.82, 2.24) is 4.90 Å². The van der Waals surface area contributed by atoms with Gasteiger partial charge in [-0.3, -0.25) is 10.1 Å². The highest BCUT2D eigenvalue weighted by Crippen LogP contribution is 2.30. The van der Waals surface area contributed by atoms with Crippen molar-refractivity contribution in [1.29, 1.82) is 0 Å². The van der Waals surface area contributed by atoms with Gasteiger partial charge in [0.15, 0.2) is 9.84 Å². The number of benzene rings is 1. The van der Waals surface area contributed by atoms with Gasteiger partial charge in [-0.25, -0.2) is 8.42 Å². The van der Waals surface area contributed by atoms with E-state index in [-0.39, 0.29) is 16.4 Å². The van der Waals surface area contributed by atoms with Gasteiger partial charge in [-0.05, 0) is 38.6 Å². The van der Waals surface area contributed by atoms with Gasteiger partial charge in [-0.2, -0.15) is 0 Å². The van der Waals surface area contributed by atoms with E-state index in [0.29, 0.717) is 5.69 Å². The molecule has 0 heterocycles. The van der Waals surface area contributed by atoms with E-state index in [1.54, 1.807) is 6.07 Å². The van der Waals surface area contributed by atoms with Crippen LogP contribution in [0.25, 0.3) is 0 Å². The molecule has 1 unspecified atom stereocenters. The SMILES string of the molecule is CC(Nc1ccc(S(C)(=O)=O)c([N+](=O)[O-])c1)C(C)(C)CN(C)C. The van der Waals surface area contributed by atoms with Gasteiger partial charge in [-0.15, -0.1) is 0 Å². The molecule has 0 amide bonds. The highest BCUT2D eigenvalue weighted by Gasteiger charge is 2.28. The second-order valence-electron chi connectivity index (χ2n) is 6.80. The maximum atomic E-state index is 11.6. The van der Waals surface area contributed by atoms with Gasteiger partial charge < -0.3 is 10.2 Å². The molecule has 7 nitrogen and oxygen atoms in total. The molecule has 0 aliphatic rings. The highest BCUT2D eigenvalue weighted by molar-refractivity contribution is 7.90. The molecule has 23 heavy (non-hydrogen) atoms.